The number of sulfonamides is 1. The third kappa shape index (κ3) is 3.94. The van der Waals surface area contributed by atoms with Crippen LogP contribution in [0.3, 0.4) is 0 Å². The lowest BCUT2D eigenvalue weighted by Gasteiger charge is -2.23. The number of halogens is 1. The Balaban J connectivity index is 1.89. The zero-order chi connectivity index (χ0) is 18.9. The molecule has 2 N–H and O–H groups in total. The molecule has 0 radical (unpaired) electrons. The van der Waals surface area contributed by atoms with Crippen molar-refractivity contribution < 1.29 is 17.6 Å². The zero-order valence-corrected chi connectivity index (χ0v) is 15.4. The highest BCUT2D eigenvalue weighted by Crippen LogP contribution is 2.28. The van der Waals surface area contributed by atoms with E-state index >= 15 is 0 Å². The lowest BCUT2D eigenvalue weighted by Crippen LogP contribution is -2.32. The third-order valence-electron chi connectivity index (χ3n) is 4.46. The number of carbonyl (C=O) groups excluding carboxylic acids is 1. The van der Waals surface area contributed by atoms with Crippen molar-refractivity contribution in [3.63, 3.8) is 0 Å². The first-order chi connectivity index (χ1) is 12.3. The van der Waals surface area contributed by atoms with Gasteiger partial charge in [-0.3, -0.25) is 4.79 Å². The van der Waals surface area contributed by atoms with Crippen molar-refractivity contribution in [2.75, 3.05) is 5.32 Å². The van der Waals surface area contributed by atoms with E-state index < -0.39 is 16.1 Å². The van der Waals surface area contributed by atoms with Gasteiger partial charge in [0.25, 0.3) is 0 Å². The van der Waals surface area contributed by atoms with Crippen LogP contribution < -0.4 is 10.0 Å². The number of nitrogens with one attached hydrogen (secondary N) is 2. The average Bonchev–Trinajstić information content (AvgIpc) is 2.60. The molecule has 0 aromatic heterocycles. The monoisotopic (exact) mass is 376 g/mol. The fraction of sp³-hybridized carbons (Fsp3) is 0.316. The Morgan fingerprint density at radius 3 is 2.42 bits per heavy atom. The first-order valence-electron chi connectivity index (χ1n) is 8.47. The van der Waals surface area contributed by atoms with Crippen molar-refractivity contribution in [3.05, 3.63) is 59.4 Å². The molecule has 7 heteroatoms. The van der Waals surface area contributed by atoms with Crippen molar-refractivity contribution in [2.45, 2.75) is 37.6 Å². The summed E-state index contributed by atoms with van der Waals surface area (Å²) in [5, 5.41) is 2.74. The molecule has 2 aromatic rings. The quantitative estimate of drug-likeness (QED) is 0.840. The third-order valence-corrected chi connectivity index (χ3v) is 5.90. The number of hydrogen-bond donors (Lipinski definition) is 2. The van der Waals surface area contributed by atoms with Crippen LogP contribution in [0.1, 0.15) is 37.4 Å². The molecule has 0 aliphatic carbocycles. The molecule has 1 heterocycles. The molecule has 138 valence electrons. The van der Waals surface area contributed by atoms with Gasteiger partial charge in [-0.25, -0.2) is 17.5 Å². The molecule has 1 atom stereocenters. The van der Waals surface area contributed by atoms with Gasteiger partial charge >= 0.3 is 0 Å². The molecule has 26 heavy (non-hydrogen) atoms. The predicted molar refractivity (Wildman–Crippen MR) is 97.7 cm³/mol. The van der Waals surface area contributed by atoms with Crippen LogP contribution in [0.15, 0.2) is 47.4 Å². The minimum absolute atomic E-state index is 0.0212. The topological polar surface area (TPSA) is 75.3 Å². The van der Waals surface area contributed by atoms with Crippen molar-refractivity contribution in [1.82, 2.24) is 4.72 Å². The molecule has 0 fully saturated rings. The second kappa shape index (κ2) is 7.17. The van der Waals surface area contributed by atoms with Gasteiger partial charge in [-0.1, -0.05) is 26.0 Å². The van der Waals surface area contributed by atoms with Gasteiger partial charge in [0.1, 0.15) is 5.82 Å². The van der Waals surface area contributed by atoms with Crippen LogP contribution in [0.5, 0.6) is 0 Å². The van der Waals surface area contributed by atoms with E-state index in [0.29, 0.717) is 24.1 Å². The van der Waals surface area contributed by atoms with E-state index in [0.717, 1.165) is 5.56 Å². The van der Waals surface area contributed by atoms with Crippen LogP contribution in [0.25, 0.3) is 0 Å². The summed E-state index contributed by atoms with van der Waals surface area (Å²) in [7, 11) is -3.77. The maximum atomic E-state index is 13.2. The fourth-order valence-corrected chi connectivity index (χ4v) is 4.44. The van der Waals surface area contributed by atoms with Crippen molar-refractivity contribution >= 4 is 21.6 Å². The van der Waals surface area contributed by atoms with Crippen LogP contribution >= 0.6 is 0 Å². The minimum atomic E-state index is -3.77. The molecule has 1 aliphatic heterocycles. The minimum Gasteiger partial charge on any atom is -0.326 e. The van der Waals surface area contributed by atoms with E-state index in [1.165, 1.54) is 18.2 Å². The Hall–Kier alpha value is -2.25. The summed E-state index contributed by atoms with van der Waals surface area (Å²) in [5.41, 5.74) is 2.16. The highest BCUT2D eigenvalue weighted by Gasteiger charge is 2.25. The van der Waals surface area contributed by atoms with Crippen molar-refractivity contribution in [2.24, 2.45) is 5.92 Å². The Morgan fingerprint density at radius 2 is 1.77 bits per heavy atom. The smallest absolute Gasteiger partial charge is 0.241 e. The molecule has 1 unspecified atom stereocenters. The first kappa shape index (κ1) is 18.5. The standard InChI is InChI=1S/C19H21FN2O3S/c1-12(2)19(13-3-6-15(20)7-4-13)22-26(24,25)16-8-9-17-14(11-16)5-10-18(23)21-17/h3-4,6-9,11-12,19,22H,5,10H2,1-2H3,(H,21,23). The second-order valence-corrected chi connectivity index (χ2v) is 8.48. The highest BCUT2D eigenvalue weighted by molar-refractivity contribution is 7.89. The molecule has 3 rings (SSSR count). The zero-order valence-electron chi connectivity index (χ0n) is 14.6. The molecule has 2 aromatic carbocycles. The van der Waals surface area contributed by atoms with E-state index in [-0.39, 0.29) is 22.5 Å². The van der Waals surface area contributed by atoms with Gasteiger partial charge in [-0.15, -0.1) is 0 Å². The van der Waals surface area contributed by atoms with Crippen molar-refractivity contribution in [3.8, 4) is 0 Å². The maximum Gasteiger partial charge on any atom is 0.241 e. The summed E-state index contributed by atoms with van der Waals surface area (Å²) in [5.74, 6) is -0.453. The second-order valence-electron chi connectivity index (χ2n) is 6.76. The summed E-state index contributed by atoms with van der Waals surface area (Å²) >= 11 is 0. The fourth-order valence-electron chi connectivity index (χ4n) is 3.02. The number of carbonyl (C=O) groups is 1. The molecule has 1 aliphatic rings. The predicted octanol–water partition coefficient (Wildman–Crippen LogP) is 3.39. The Labute approximate surface area is 152 Å². The number of benzene rings is 2. The normalized spacial score (nSPS) is 15.5. The van der Waals surface area contributed by atoms with Gasteiger partial charge < -0.3 is 5.32 Å². The SMILES string of the molecule is CC(C)C(NS(=O)(=O)c1ccc2c(c1)CCC(=O)N2)c1ccc(F)cc1. The van der Waals surface area contributed by atoms with E-state index in [1.807, 2.05) is 13.8 Å². The first-order valence-corrected chi connectivity index (χ1v) is 9.95. The summed E-state index contributed by atoms with van der Waals surface area (Å²) in [4.78, 5) is 11.6. The maximum absolute atomic E-state index is 13.2. The molecule has 0 bridgehead atoms. The largest absolute Gasteiger partial charge is 0.326 e. The van der Waals surface area contributed by atoms with Gasteiger partial charge in [-0.2, -0.15) is 0 Å². The van der Waals surface area contributed by atoms with Crippen LogP contribution in [0.4, 0.5) is 10.1 Å². The Kier molecular flexibility index (Phi) is 5.11. The molecule has 0 spiro atoms. The van der Waals surface area contributed by atoms with E-state index in [1.54, 1.807) is 24.3 Å². The molecular formula is C19H21FN2O3S. The van der Waals surface area contributed by atoms with Crippen LogP contribution in [0.2, 0.25) is 0 Å². The van der Waals surface area contributed by atoms with Crippen LogP contribution in [-0.4, -0.2) is 14.3 Å². The molecule has 0 saturated carbocycles. The van der Waals surface area contributed by atoms with Gasteiger partial charge in [0, 0.05) is 18.2 Å². The summed E-state index contributed by atoms with van der Waals surface area (Å²) in [6.45, 7) is 3.80. The lowest BCUT2D eigenvalue weighted by atomic mass is 9.97. The molecule has 5 nitrogen and oxygen atoms in total. The number of anilines is 1. The number of rotatable bonds is 5. The summed E-state index contributed by atoms with van der Waals surface area (Å²) in [6, 6.07) is 10.0. The van der Waals surface area contributed by atoms with Gasteiger partial charge in [-0.05, 0) is 53.8 Å². The van der Waals surface area contributed by atoms with E-state index in [2.05, 4.69) is 10.0 Å². The molecule has 0 saturated heterocycles. The number of amides is 1. The average molecular weight is 376 g/mol. The number of fused-ring (bicyclic) bond motifs is 1. The van der Waals surface area contributed by atoms with Gasteiger partial charge in [0.05, 0.1) is 4.90 Å². The van der Waals surface area contributed by atoms with Crippen molar-refractivity contribution in [1.29, 1.82) is 0 Å². The van der Waals surface area contributed by atoms with E-state index in [9.17, 15) is 17.6 Å². The molecular weight excluding hydrogens is 355 g/mol. The summed E-state index contributed by atoms with van der Waals surface area (Å²) < 4.78 is 41.6. The van der Waals surface area contributed by atoms with Crippen LogP contribution in [-0.2, 0) is 21.2 Å². The highest BCUT2D eigenvalue weighted by atomic mass is 32.2. The van der Waals surface area contributed by atoms with Gasteiger partial charge in [0.2, 0.25) is 15.9 Å². The Morgan fingerprint density at radius 1 is 1.08 bits per heavy atom. The number of hydrogen-bond acceptors (Lipinski definition) is 3. The Bertz CT molecular complexity index is 924. The summed E-state index contributed by atoms with van der Waals surface area (Å²) in [6.07, 6.45) is 0.851. The molecule has 1 amide bonds. The van der Waals surface area contributed by atoms with Gasteiger partial charge in [0.15, 0.2) is 0 Å². The van der Waals surface area contributed by atoms with Crippen LogP contribution in [0, 0.1) is 11.7 Å². The number of aryl methyl sites for hydroxylation is 1. The van der Waals surface area contributed by atoms with E-state index in [4.69, 9.17) is 0 Å². The lowest BCUT2D eigenvalue weighted by molar-refractivity contribution is -0.116.